The molecule has 0 spiro atoms. The molecule has 0 saturated heterocycles. The van der Waals surface area contributed by atoms with Crippen molar-refractivity contribution in [2.24, 2.45) is 11.1 Å². The minimum Gasteiger partial charge on any atom is -0.323 e. The van der Waals surface area contributed by atoms with E-state index in [0.717, 1.165) is 31.2 Å². The molecule has 2 aliphatic rings. The highest BCUT2D eigenvalue weighted by Crippen LogP contribution is 2.26. The number of rotatable bonds is 7. The van der Waals surface area contributed by atoms with Gasteiger partial charge in [-0.1, -0.05) is 25.3 Å². The van der Waals surface area contributed by atoms with Crippen LogP contribution in [-0.4, -0.2) is 17.4 Å². The van der Waals surface area contributed by atoms with Crippen molar-refractivity contribution in [1.82, 2.24) is 4.90 Å². The first-order valence-electron chi connectivity index (χ1n) is 9.03. The highest BCUT2D eigenvalue weighted by Gasteiger charge is 2.22. The number of aromatic nitrogens is 1. The standard InChI is InChI=1S/C20H24N3O3/c24-20(17-6-2-1-3-7-17)18-9-12-22(13-10-18)15-26-16-23-11-5-4-8-19(23)14-21-25/h4-5,8-14,17H,1-3,6-7,15-16H2/q+1/b19-14-. The number of carbonyl (C=O) groups excluding carboxylic acids is 1. The van der Waals surface area contributed by atoms with Gasteiger partial charge < -0.3 is 9.64 Å². The number of allylic oxidation sites excluding steroid dienone is 3. The van der Waals surface area contributed by atoms with Crippen molar-refractivity contribution in [3.63, 3.8) is 0 Å². The summed E-state index contributed by atoms with van der Waals surface area (Å²) in [6.45, 7) is 0.658. The Morgan fingerprint density at radius 1 is 1.23 bits per heavy atom. The molecule has 0 amide bonds. The summed E-state index contributed by atoms with van der Waals surface area (Å²) < 4.78 is 7.56. The Bertz CT molecular complexity index is 716. The molecule has 3 rings (SSSR count). The monoisotopic (exact) mass is 354 g/mol. The maximum atomic E-state index is 12.5. The molecule has 0 aromatic carbocycles. The van der Waals surface area contributed by atoms with Crippen LogP contribution < -0.4 is 4.57 Å². The second-order valence-electron chi connectivity index (χ2n) is 6.59. The zero-order valence-electron chi connectivity index (χ0n) is 14.8. The predicted molar refractivity (Wildman–Crippen MR) is 97.5 cm³/mol. The van der Waals surface area contributed by atoms with E-state index in [0.29, 0.717) is 19.2 Å². The van der Waals surface area contributed by atoms with Gasteiger partial charge in [-0.05, 0) is 30.2 Å². The van der Waals surface area contributed by atoms with Gasteiger partial charge in [0.1, 0.15) is 6.73 Å². The zero-order chi connectivity index (χ0) is 18.2. The Labute approximate surface area is 153 Å². The molecule has 0 unspecified atom stereocenters. The lowest BCUT2D eigenvalue weighted by Crippen LogP contribution is -2.36. The van der Waals surface area contributed by atoms with Gasteiger partial charge in [-0.2, -0.15) is 4.57 Å². The number of nitrogens with zero attached hydrogens (tertiary/aromatic N) is 3. The lowest BCUT2D eigenvalue weighted by Gasteiger charge is -2.21. The Balaban J connectivity index is 1.50. The quantitative estimate of drug-likeness (QED) is 0.426. The Morgan fingerprint density at radius 3 is 2.73 bits per heavy atom. The van der Waals surface area contributed by atoms with Crippen molar-refractivity contribution >= 4 is 5.78 Å². The van der Waals surface area contributed by atoms with Gasteiger partial charge >= 0.3 is 0 Å². The average molecular weight is 354 g/mol. The molecular formula is C20H24N3O3+. The molecule has 1 aliphatic carbocycles. The lowest BCUT2D eigenvalue weighted by atomic mass is 9.84. The topological polar surface area (TPSA) is 62.9 Å². The smallest absolute Gasteiger partial charge is 0.254 e. The number of nitroso groups, excluding NO2 is 1. The number of Topliss-reactive ketones (excluding diaryl/α,β-unsaturated/α-hetero) is 1. The zero-order valence-corrected chi connectivity index (χ0v) is 14.8. The fourth-order valence-corrected chi connectivity index (χ4v) is 3.33. The van der Waals surface area contributed by atoms with E-state index in [1.54, 1.807) is 11.0 Å². The molecular weight excluding hydrogens is 330 g/mol. The maximum absolute atomic E-state index is 12.5. The van der Waals surface area contributed by atoms with Crippen LogP contribution in [0.2, 0.25) is 0 Å². The molecule has 0 N–H and O–H groups in total. The van der Waals surface area contributed by atoms with Gasteiger partial charge in [0.05, 0.1) is 11.9 Å². The summed E-state index contributed by atoms with van der Waals surface area (Å²) in [6, 6.07) is 3.73. The van der Waals surface area contributed by atoms with Gasteiger partial charge in [-0.25, -0.2) is 0 Å². The predicted octanol–water partition coefficient (Wildman–Crippen LogP) is 3.66. The SMILES string of the molecule is O=N/C=C1/C=CC=CN1COC[n+]1ccc(C(=O)C2CCCCC2)cc1. The van der Waals surface area contributed by atoms with E-state index in [1.807, 2.05) is 47.4 Å². The van der Waals surface area contributed by atoms with Crippen LogP contribution in [-0.2, 0) is 11.5 Å². The highest BCUT2D eigenvalue weighted by molar-refractivity contribution is 5.97. The summed E-state index contributed by atoms with van der Waals surface area (Å²) in [5.74, 6) is 0.450. The van der Waals surface area contributed by atoms with Crippen molar-refractivity contribution in [3.05, 3.63) is 71.3 Å². The summed E-state index contributed by atoms with van der Waals surface area (Å²) in [5, 5.41) is 2.81. The van der Waals surface area contributed by atoms with Crippen LogP contribution in [0, 0.1) is 10.8 Å². The molecule has 26 heavy (non-hydrogen) atoms. The molecule has 0 radical (unpaired) electrons. The molecule has 1 fully saturated rings. The first-order valence-corrected chi connectivity index (χ1v) is 9.03. The molecule has 1 saturated carbocycles. The molecule has 1 aromatic rings. The van der Waals surface area contributed by atoms with Crippen molar-refractivity contribution in [2.75, 3.05) is 6.73 Å². The molecule has 0 atom stereocenters. The molecule has 6 heteroatoms. The Morgan fingerprint density at radius 2 is 2.00 bits per heavy atom. The number of pyridine rings is 1. The van der Waals surface area contributed by atoms with Crippen molar-refractivity contribution in [2.45, 2.75) is 38.8 Å². The van der Waals surface area contributed by atoms with Crippen LogP contribution in [0.3, 0.4) is 0 Å². The molecule has 0 bridgehead atoms. The first kappa shape index (κ1) is 18.2. The number of hydrogen-bond acceptors (Lipinski definition) is 5. The molecule has 6 nitrogen and oxygen atoms in total. The molecule has 1 aromatic heterocycles. The summed E-state index contributed by atoms with van der Waals surface area (Å²) in [6.07, 6.45) is 17.9. The van der Waals surface area contributed by atoms with E-state index < -0.39 is 0 Å². The van der Waals surface area contributed by atoms with Crippen LogP contribution >= 0.6 is 0 Å². The van der Waals surface area contributed by atoms with E-state index in [-0.39, 0.29) is 11.7 Å². The van der Waals surface area contributed by atoms with Gasteiger partial charge in [0, 0.05) is 29.8 Å². The Hall–Kier alpha value is -2.60. The number of carbonyl (C=O) groups is 1. The maximum Gasteiger partial charge on any atom is 0.254 e. The summed E-state index contributed by atoms with van der Waals surface area (Å²) >= 11 is 0. The normalized spacial score (nSPS) is 19.1. The summed E-state index contributed by atoms with van der Waals surface area (Å²) in [7, 11) is 0. The summed E-state index contributed by atoms with van der Waals surface area (Å²) in [4.78, 5) is 24.8. The molecule has 2 heterocycles. The third kappa shape index (κ3) is 4.73. The first-order chi connectivity index (χ1) is 12.8. The van der Waals surface area contributed by atoms with Crippen LogP contribution in [0.5, 0.6) is 0 Å². The Kier molecular flexibility index (Phi) is 6.44. The van der Waals surface area contributed by atoms with E-state index in [1.165, 1.54) is 12.6 Å². The van der Waals surface area contributed by atoms with Gasteiger partial charge in [0.2, 0.25) is 0 Å². The van der Waals surface area contributed by atoms with Crippen molar-refractivity contribution in [3.8, 4) is 0 Å². The van der Waals surface area contributed by atoms with Gasteiger partial charge in [0.25, 0.3) is 6.73 Å². The third-order valence-electron chi connectivity index (χ3n) is 4.78. The second-order valence-corrected chi connectivity index (χ2v) is 6.59. The van der Waals surface area contributed by atoms with Gasteiger partial charge in [-0.15, -0.1) is 4.91 Å². The van der Waals surface area contributed by atoms with Crippen molar-refractivity contribution in [1.29, 1.82) is 0 Å². The van der Waals surface area contributed by atoms with Crippen LogP contribution in [0.25, 0.3) is 0 Å². The van der Waals surface area contributed by atoms with E-state index in [4.69, 9.17) is 4.74 Å². The second kappa shape index (κ2) is 9.20. The third-order valence-corrected chi connectivity index (χ3v) is 4.78. The van der Waals surface area contributed by atoms with Crippen molar-refractivity contribution < 1.29 is 14.1 Å². The molecule has 136 valence electrons. The fraction of sp³-hybridized carbons (Fsp3) is 0.400. The van der Waals surface area contributed by atoms with E-state index >= 15 is 0 Å². The molecule has 1 aliphatic heterocycles. The minimum atomic E-state index is 0.187. The minimum absolute atomic E-state index is 0.187. The van der Waals surface area contributed by atoms with Crippen LogP contribution in [0.15, 0.2) is 66.0 Å². The number of hydrogen-bond donors (Lipinski definition) is 0. The summed E-state index contributed by atoms with van der Waals surface area (Å²) in [5.41, 5.74) is 1.46. The highest BCUT2D eigenvalue weighted by atomic mass is 16.5. The van der Waals surface area contributed by atoms with E-state index in [2.05, 4.69) is 5.18 Å². The van der Waals surface area contributed by atoms with Gasteiger partial charge in [-0.3, -0.25) is 4.79 Å². The number of ketones is 1. The van der Waals surface area contributed by atoms with Gasteiger partial charge in [0.15, 0.2) is 18.2 Å². The fourth-order valence-electron chi connectivity index (χ4n) is 3.33. The average Bonchev–Trinajstić information content (AvgIpc) is 2.70. The number of ether oxygens (including phenoxy) is 1. The largest absolute Gasteiger partial charge is 0.323 e. The lowest BCUT2D eigenvalue weighted by molar-refractivity contribution is -0.733. The van der Waals surface area contributed by atoms with Crippen LogP contribution in [0.4, 0.5) is 0 Å². The van der Waals surface area contributed by atoms with Crippen LogP contribution in [0.1, 0.15) is 42.5 Å². The van der Waals surface area contributed by atoms with E-state index in [9.17, 15) is 9.70 Å².